The first-order valence-electron chi connectivity index (χ1n) is 4.14. The molecular formula is C9H20O. The molecule has 0 spiro atoms. The summed E-state index contributed by atoms with van der Waals surface area (Å²) in [4.78, 5) is 0. The Morgan fingerprint density at radius 3 is 1.80 bits per heavy atom. The number of aliphatic hydroxyl groups is 1. The van der Waals surface area contributed by atoms with Crippen molar-refractivity contribution in [1.82, 2.24) is 0 Å². The van der Waals surface area contributed by atoms with Crippen LogP contribution >= 0.6 is 0 Å². The van der Waals surface area contributed by atoms with E-state index in [1.54, 1.807) is 0 Å². The molecule has 0 aliphatic rings. The molecule has 0 heterocycles. The van der Waals surface area contributed by atoms with Gasteiger partial charge in [0.25, 0.3) is 0 Å². The minimum Gasteiger partial charge on any atom is -0.390 e. The van der Waals surface area contributed by atoms with Gasteiger partial charge in [0.1, 0.15) is 0 Å². The van der Waals surface area contributed by atoms with Crippen LogP contribution in [0.1, 0.15) is 41.0 Å². The monoisotopic (exact) mass is 144 g/mol. The molecule has 1 heteroatoms. The lowest BCUT2D eigenvalue weighted by Crippen LogP contribution is -2.34. The molecule has 0 aliphatic heterocycles. The van der Waals surface area contributed by atoms with Crippen LogP contribution in [-0.4, -0.2) is 10.7 Å². The molecule has 1 unspecified atom stereocenters. The Hall–Kier alpha value is -0.0400. The highest BCUT2D eigenvalue weighted by molar-refractivity contribution is 4.79. The van der Waals surface area contributed by atoms with Crippen molar-refractivity contribution in [2.24, 2.45) is 11.8 Å². The van der Waals surface area contributed by atoms with E-state index < -0.39 is 5.60 Å². The Morgan fingerprint density at radius 1 is 1.30 bits per heavy atom. The summed E-state index contributed by atoms with van der Waals surface area (Å²) in [5, 5.41) is 9.76. The number of hydrogen-bond donors (Lipinski definition) is 1. The zero-order chi connectivity index (χ0) is 8.36. The summed E-state index contributed by atoms with van der Waals surface area (Å²) in [6.45, 7) is 10.3. The van der Waals surface area contributed by atoms with Gasteiger partial charge in [0.05, 0.1) is 5.60 Å². The first kappa shape index (κ1) is 9.96. The second kappa shape index (κ2) is 3.38. The largest absolute Gasteiger partial charge is 0.390 e. The van der Waals surface area contributed by atoms with E-state index in [1.165, 1.54) is 0 Å². The first-order chi connectivity index (χ1) is 4.41. The number of rotatable bonds is 3. The summed E-state index contributed by atoms with van der Waals surface area (Å²) in [5.74, 6) is 0.951. The van der Waals surface area contributed by atoms with Crippen LogP contribution in [0.3, 0.4) is 0 Å². The smallest absolute Gasteiger partial charge is 0.0645 e. The fourth-order valence-corrected chi connectivity index (χ4v) is 1.04. The molecule has 0 aliphatic carbocycles. The van der Waals surface area contributed by atoms with E-state index in [0.29, 0.717) is 11.8 Å². The highest BCUT2D eigenvalue weighted by atomic mass is 16.3. The maximum atomic E-state index is 9.76. The van der Waals surface area contributed by atoms with E-state index in [-0.39, 0.29) is 0 Å². The molecule has 0 aromatic heterocycles. The van der Waals surface area contributed by atoms with Crippen LogP contribution in [0.15, 0.2) is 0 Å². The van der Waals surface area contributed by atoms with Gasteiger partial charge in [-0.2, -0.15) is 0 Å². The van der Waals surface area contributed by atoms with Crippen LogP contribution in [0.25, 0.3) is 0 Å². The lowest BCUT2D eigenvalue weighted by atomic mass is 9.81. The maximum absolute atomic E-state index is 9.76. The Kier molecular flexibility index (Phi) is 3.37. The Morgan fingerprint density at radius 2 is 1.70 bits per heavy atom. The fraction of sp³-hybridized carbons (Fsp3) is 1.00. The summed E-state index contributed by atoms with van der Waals surface area (Å²) in [6, 6.07) is 0. The zero-order valence-electron chi connectivity index (χ0n) is 7.81. The Balaban J connectivity index is 4.03. The molecule has 10 heavy (non-hydrogen) atoms. The summed E-state index contributed by atoms with van der Waals surface area (Å²) in [6.07, 6.45) is 0.840. The number of hydrogen-bond acceptors (Lipinski definition) is 1. The third-order valence-corrected chi connectivity index (χ3v) is 2.70. The zero-order valence-corrected chi connectivity index (χ0v) is 7.81. The minimum atomic E-state index is -0.478. The third-order valence-electron chi connectivity index (χ3n) is 2.70. The van der Waals surface area contributed by atoms with Crippen molar-refractivity contribution in [3.05, 3.63) is 0 Å². The third kappa shape index (κ3) is 2.30. The second-order valence-corrected chi connectivity index (χ2v) is 3.74. The van der Waals surface area contributed by atoms with E-state index in [2.05, 4.69) is 20.8 Å². The van der Waals surface area contributed by atoms with Crippen molar-refractivity contribution < 1.29 is 5.11 Å². The van der Waals surface area contributed by atoms with Gasteiger partial charge in [0, 0.05) is 0 Å². The van der Waals surface area contributed by atoms with E-state index in [0.717, 1.165) is 6.42 Å². The molecule has 1 nitrogen and oxygen atoms in total. The molecule has 0 aromatic carbocycles. The molecule has 0 fully saturated rings. The van der Waals surface area contributed by atoms with Crippen LogP contribution < -0.4 is 0 Å². The average molecular weight is 144 g/mol. The molecule has 0 saturated carbocycles. The molecule has 0 rings (SSSR count). The van der Waals surface area contributed by atoms with Crippen molar-refractivity contribution in [2.75, 3.05) is 0 Å². The summed E-state index contributed by atoms with van der Waals surface area (Å²) in [5.41, 5.74) is -0.478. The Labute approximate surface area is 64.5 Å². The topological polar surface area (TPSA) is 20.2 Å². The molecule has 0 radical (unpaired) electrons. The van der Waals surface area contributed by atoms with Gasteiger partial charge in [0.15, 0.2) is 0 Å². The van der Waals surface area contributed by atoms with Gasteiger partial charge in [-0.1, -0.05) is 27.7 Å². The normalized spacial score (nSPS) is 20.7. The summed E-state index contributed by atoms with van der Waals surface area (Å²) < 4.78 is 0. The van der Waals surface area contributed by atoms with Crippen LogP contribution in [0.2, 0.25) is 0 Å². The van der Waals surface area contributed by atoms with Crippen molar-refractivity contribution in [1.29, 1.82) is 0 Å². The first-order valence-corrected chi connectivity index (χ1v) is 4.14. The fourth-order valence-electron chi connectivity index (χ4n) is 1.04. The van der Waals surface area contributed by atoms with E-state index in [9.17, 15) is 5.11 Å². The lowest BCUT2D eigenvalue weighted by Gasteiger charge is -2.31. The van der Waals surface area contributed by atoms with Gasteiger partial charge < -0.3 is 5.11 Å². The maximum Gasteiger partial charge on any atom is 0.0645 e. The van der Waals surface area contributed by atoms with E-state index in [4.69, 9.17) is 0 Å². The molecule has 0 aromatic rings. The molecular weight excluding hydrogens is 124 g/mol. The predicted octanol–water partition coefficient (Wildman–Crippen LogP) is 2.44. The van der Waals surface area contributed by atoms with E-state index in [1.807, 2.05) is 13.8 Å². The van der Waals surface area contributed by atoms with Crippen molar-refractivity contribution in [2.45, 2.75) is 46.6 Å². The summed E-state index contributed by atoms with van der Waals surface area (Å²) in [7, 11) is 0. The van der Waals surface area contributed by atoms with Gasteiger partial charge in [0.2, 0.25) is 0 Å². The summed E-state index contributed by atoms with van der Waals surface area (Å²) >= 11 is 0. The SMILES string of the molecule is CC[C@@](C)(O)C(C)C(C)C. The average Bonchev–Trinajstić information content (AvgIpc) is 1.86. The van der Waals surface area contributed by atoms with Crippen LogP contribution in [0.5, 0.6) is 0 Å². The van der Waals surface area contributed by atoms with Crippen LogP contribution in [0, 0.1) is 11.8 Å². The molecule has 1 N–H and O–H groups in total. The predicted molar refractivity (Wildman–Crippen MR) is 44.9 cm³/mol. The molecule has 62 valence electrons. The van der Waals surface area contributed by atoms with Crippen LogP contribution in [0.4, 0.5) is 0 Å². The molecule has 0 saturated heterocycles. The quantitative estimate of drug-likeness (QED) is 0.645. The van der Waals surface area contributed by atoms with Gasteiger partial charge in [-0.05, 0) is 25.2 Å². The highest BCUT2D eigenvalue weighted by Gasteiger charge is 2.27. The second-order valence-electron chi connectivity index (χ2n) is 3.74. The molecule has 0 bridgehead atoms. The van der Waals surface area contributed by atoms with E-state index >= 15 is 0 Å². The highest BCUT2D eigenvalue weighted by Crippen LogP contribution is 2.26. The molecule has 2 atom stereocenters. The van der Waals surface area contributed by atoms with Crippen molar-refractivity contribution in [3.8, 4) is 0 Å². The van der Waals surface area contributed by atoms with Gasteiger partial charge in [-0.3, -0.25) is 0 Å². The standard InChI is InChI=1S/C9H20O/c1-6-9(5,10)8(4)7(2)3/h7-8,10H,6H2,1-5H3/t8?,9-/m1/s1. The van der Waals surface area contributed by atoms with Gasteiger partial charge in [-0.15, -0.1) is 0 Å². The van der Waals surface area contributed by atoms with Crippen molar-refractivity contribution >= 4 is 0 Å². The van der Waals surface area contributed by atoms with Crippen molar-refractivity contribution in [3.63, 3.8) is 0 Å². The minimum absolute atomic E-state index is 0.387. The van der Waals surface area contributed by atoms with Gasteiger partial charge in [-0.25, -0.2) is 0 Å². The van der Waals surface area contributed by atoms with Gasteiger partial charge >= 0.3 is 0 Å². The molecule has 0 amide bonds. The lowest BCUT2D eigenvalue weighted by molar-refractivity contribution is -0.0154. The Bertz CT molecular complexity index is 94.9. The van der Waals surface area contributed by atoms with Crippen LogP contribution in [-0.2, 0) is 0 Å².